The Morgan fingerprint density at radius 3 is 2.30 bits per heavy atom. The largest absolute Gasteiger partial charge is 0.481 e. The van der Waals surface area contributed by atoms with Gasteiger partial charge in [-0.15, -0.1) is 0 Å². The van der Waals surface area contributed by atoms with Gasteiger partial charge in [-0.25, -0.2) is 8.42 Å². The molecule has 1 aromatic heterocycles. The second-order valence-electron chi connectivity index (χ2n) is 11.0. The first-order chi connectivity index (χ1) is 17.1. The van der Waals surface area contributed by atoms with Crippen molar-refractivity contribution >= 4 is 44.9 Å². The molecule has 2 heterocycles. The quantitative estimate of drug-likeness (QED) is 0.423. The molecule has 0 spiro atoms. The van der Waals surface area contributed by atoms with E-state index in [1.165, 1.54) is 6.20 Å². The smallest absolute Gasteiger partial charge is 0.304 e. The first-order valence-electron chi connectivity index (χ1n) is 12.2. The van der Waals surface area contributed by atoms with E-state index in [0.717, 1.165) is 11.1 Å². The van der Waals surface area contributed by atoms with Crippen LogP contribution in [0.1, 0.15) is 77.0 Å². The van der Waals surface area contributed by atoms with Gasteiger partial charge in [0.2, 0.25) is 5.91 Å². The molecule has 4 atom stereocenters. The van der Waals surface area contributed by atoms with E-state index in [1.54, 1.807) is 57.0 Å². The van der Waals surface area contributed by atoms with Crippen molar-refractivity contribution in [3.63, 3.8) is 0 Å². The molecule has 37 heavy (non-hydrogen) atoms. The molecule has 1 amide bonds. The van der Waals surface area contributed by atoms with Gasteiger partial charge in [-0.1, -0.05) is 49.2 Å². The summed E-state index contributed by atoms with van der Waals surface area (Å²) >= 11 is 12.5. The Morgan fingerprint density at radius 1 is 1.16 bits per heavy atom. The summed E-state index contributed by atoms with van der Waals surface area (Å²) in [6.07, 6.45) is 3.39. The van der Waals surface area contributed by atoms with Crippen LogP contribution in [0.4, 0.5) is 0 Å². The zero-order valence-electron chi connectivity index (χ0n) is 21.7. The van der Waals surface area contributed by atoms with E-state index in [2.05, 4.69) is 4.98 Å². The number of pyridine rings is 1. The molecule has 1 aliphatic rings. The van der Waals surface area contributed by atoms with Crippen molar-refractivity contribution in [1.29, 1.82) is 0 Å². The van der Waals surface area contributed by atoms with Crippen LogP contribution < -0.4 is 0 Å². The van der Waals surface area contributed by atoms with Crippen LogP contribution in [0.25, 0.3) is 0 Å². The molecule has 0 unspecified atom stereocenters. The van der Waals surface area contributed by atoms with Crippen molar-refractivity contribution in [3.8, 4) is 0 Å². The van der Waals surface area contributed by atoms with E-state index in [1.807, 2.05) is 19.1 Å². The number of sulfone groups is 1. The molecule has 10 heteroatoms. The standard InChI is InChI=1S/C27H34Cl2N2O5S/c1-6-21(16-37(35,36)26(2,3)4)31-24(17-7-9-19(28)10-8-17)22(18-11-20(29)15-30-14-18)12-27(5,25(31)34)13-23(32)33/h7-11,14-15,21-22,24H,6,12-13,16H2,1-5H3,(H,32,33)/t21-,22+,24+,27-/m0/s1. The number of aromatic nitrogens is 1. The fraction of sp³-hybridized carbons (Fsp3) is 0.519. The molecular formula is C27H34Cl2N2O5S. The zero-order valence-corrected chi connectivity index (χ0v) is 24.1. The molecule has 1 saturated heterocycles. The number of halogens is 2. The lowest BCUT2D eigenvalue weighted by Gasteiger charge is -2.52. The summed E-state index contributed by atoms with van der Waals surface area (Å²) in [6.45, 7) is 8.40. The van der Waals surface area contributed by atoms with E-state index in [9.17, 15) is 23.1 Å². The minimum absolute atomic E-state index is 0.229. The Morgan fingerprint density at radius 2 is 1.78 bits per heavy atom. The molecule has 7 nitrogen and oxygen atoms in total. The normalized spacial score (nSPS) is 23.6. The Kier molecular flexibility index (Phi) is 8.67. The monoisotopic (exact) mass is 568 g/mol. The van der Waals surface area contributed by atoms with Crippen molar-refractivity contribution in [1.82, 2.24) is 9.88 Å². The molecule has 2 aromatic rings. The summed E-state index contributed by atoms with van der Waals surface area (Å²) < 4.78 is 25.6. The first-order valence-corrected chi connectivity index (χ1v) is 14.6. The number of likely N-dealkylation sites (tertiary alicyclic amines) is 1. The highest BCUT2D eigenvalue weighted by Crippen LogP contribution is 2.52. The third-order valence-corrected chi connectivity index (χ3v) is 10.4. The van der Waals surface area contributed by atoms with Crippen LogP contribution in [-0.4, -0.2) is 51.8 Å². The summed E-state index contributed by atoms with van der Waals surface area (Å²) in [5.41, 5.74) is 0.252. The first kappa shape index (κ1) is 29.4. The molecule has 0 bridgehead atoms. The molecule has 3 rings (SSSR count). The Hall–Kier alpha value is -2.16. The van der Waals surface area contributed by atoms with E-state index >= 15 is 0 Å². The van der Waals surface area contributed by atoms with Crippen LogP contribution in [-0.2, 0) is 19.4 Å². The van der Waals surface area contributed by atoms with Gasteiger partial charge >= 0.3 is 5.97 Å². The van der Waals surface area contributed by atoms with E-state index in [0.29, 0.717) is 16.5 Å². The highest BCUT2D eigenvalue weighted by Gasteiger charge is 2.53. The van der Waals surface area contributed by atoms with Gasteiger partial charge in [-0.05, 0) is 62.9 Å². The van der Waals surface area contributed by atoms with Gasteiger partial charge in [-0.3, -0.25) is 14.6 Å². The van der Waals surface area contributed by atoms with Crippen LogP contribution in [0, 0.1) is 5.41 Å². The van der Waals surface area contributed by atoms with Crippen LogP contribution in [0.2, 0.25) is 10.0 Å². The van der Waals surface area contributed by atoms with Gasteiger partial charge in [0.15, 0.2) is 9.84 Å². The third-order valence-electron chi connectivity index (χ3n) is 7.22. The number of hydrogen-bond acceptors (Lipinski definition) is 5. The van der Waals surface area contributed by atoms with E-state index in [-0.39, 0.29) is 30.4 Å². The van der Waals surface area contributed by atoms with Crippen molar-refractivity contribution in [2.75, 3.05) is 5.75 Å². The van der Waals surface area contributed by atoms with Crippen LogP contribution in [0.3, 0.4) is 0 Å². The van der Waals surface area contributed by atoms with Gasteiger partial charge in [-0.2, -0.15) is 0 Å². The molecule has 202 valence electrons. The highest BCUT2D eigenvalue weighted by atomic mass is 35.5. The maximum atomic E-state index is 14.2. The number of carbonyl (C=O) groups is 2. The summed E-state index contributed by atoms with van der Waals surface area (Å²) in [4.78, 5) is 32.0. The van der Waals surface area contributed by atoms with E-state index in [4.69, 9.17) is 23.2 Å². The maximum Gasteiger partial charge on any atom is 0.304 e. The average molecular weight is 570 g/mol. The lowest BCUT2D eigenvalue weighted by Crippen LogP contribution is -2.58. The second kappa shape index (κ2) is 10.9. The number of amides is 1. The number of carbonyl (C=O) groups excluding carboxylic acids is 1. The van der Waals surface area contributed by atoms with Crippen molar-refractivity contribution < 1.29 is 23.1 Å². The number of piperidine rings is 1. The van der Waals surface area contributed by atoms with Gasteiger partial charge in [0.25, 0.3) is 0 Å². The number of rotatable bonds is 8. The lowest BCUT2D eigenvalue weighted by molar-refractivity contribution is -0.160. The minimum atomic E-state index is -3.61. The number of carboxylic acids is 1. The summed E-state index contributed by atoms with van der Waals surface area (Å²) in [6, 6.07) is 7.61. The SMILES string of the molecule is CC[C@@H](CS(=O)(=O)C(C)(C)C)N1C(=O)[C@](C)(CC(=O)O)C[C@H](c2cncc(Cl)c2)[C@H]1c1ccc(Cl)cc1. The van der Waals surface area contributed by atoms with Gasteiger partial charge in [0.05, 0.1) is 33.4 Å². The van der Waals surface area contributed by atoms with Crippen LogP contribution >= 0.6 is 23.2 Å². The number of carboxylic acid groups (broad SMARTS) is 1. The fourth-order valence-electron chi connectivity index (χ4n) is 5.07. The van der Waals surface area contributed by atoms with Crippen molar-refractivity contribution in [2.24, 2.45) is 5.41 Å². The topological polar surface area (TPSA) is 105 Å². The second-order valence-corrected chi connectivity index (χ2v) is 14.7. The third kappa shape index (κ3) is 6.29. The molecule has 0 radical (unpaired) electrons. The van der Waals surface area contributed by atoms with Crippen molar-refractivity contribution in [3.05, 3.63) is 63.9 Å². The molecule has 1 aliphatic heterocycles. The van der Waals surface area contributed by atoms with Crippen LogP contribution in [0.15, 0.2) is 42.7 Å². The number of nitrogens with zero attached hydrogens (tertiary/aromatic N) is 2. The maximum absolute atomic E-state index is 14.2. The number of benzene rings is 1. The lowest BCUT2D eigenvalue weighted by atomic mass is 9.67. The number of hydrogen-bond donors (Lipinski definition) is 1. The predicted octanol–water partition coefficient (Wildman–Crippen LogP) is 5.92. The Bertz CT molecular complexity index is 1260. The summed E-state index contributed by atoms with van der Waals surface area (Å²) in [5, 5.41) is 10.7. The Labute approximate surface area is 229 Å². The van der Waals surface area contributed by atoms with Gasteiger partial charge in [0, 0.05) is 29.4 Å². The minimum Gasteiger partial charge on any atom is -0.481 e. The summed E-state index contributed by atoms with van der Waals surface area (Å²) in [7, 11) is -3.61. The predicted molar refractivity (Wildman–Crippen MR) is 146 cm³/mol. The number of aliphatic carboxylic acids is 1. The van der Waals surface area contributed by atoms with Crippen LogP contribution in [0.5, 0.6) is 0 Å². The fourth-order valence-corrected chi connectivity index (χ4v) is 6.78. The van der Waals surface area contributed by atoms with Gasteiger partial charge < -0.3 is 10.0 Å². The summed E-state index contributed by atoms with van der Waals surface area (Å²) in [5.74, 6) is -2.11. The van der Waals surface area contributed by atoms with Crippen molar-refractivity contribution in [2.45, 2.75) is 76.6 Å². The molecule has 1 aromatic carbocycles. The molecule has 1 fully saturated rings. The Balaban J connectivity index is 2.27. The average Bonchev–Trinajstić information content (AvgIpc) is 2.78. The zero-order chi connectivity index (χ0) is 27.8. The molecule has 1 N–H and O–H groups in total. The molecule has 0 saturated carbocycles. The molecular weight excluding hydrogens is 535 g/mol. The van der Waals surface area contributed by atoms with Gasteiger partial charge in [0.1, 0.15) is 0 Å². The molecule has 0 aliphatic carbocycles. The highest BCUT2D eigenvalue weighted by molar-refractivity contribution is 7.92. The van der Waals surface area contributed by atoms with E-state index < -0.39 is 38.1 Å².